The van der Waals surface area contributed by atoms with Gasteiger partial charge in [-0.15, -0.1) is 0 Å². The average molecular weight is 183 g/mol. The van der Waals surface area contributed by atoms with Gasteiger partial charge in [0.15, 0.2) is 0 Å². The van der Waals surface area contributed by atoms with Gasteiger partial charge in [-0.05, 0) is 31.1 Å². The van der Waals surface area contributed by atoms with E-state index in [2.05, 4.69) is 18.7 Å². The summed E-state index contributed by atoms with van der Waals surface area (Å²) < 4.78 is 0. The summed E-state index contributed by atoms with van der Waals surface area (Å²) in [6.07, 6.45) is 3.93. The van der Waals surface area contributed by atoms with Crippen LogP contribution >= 0.6 is 0 Å². The summed E-state index contributed by atoms with van der Waals surface area (Å²) in [4.78, 5) is 2.64. The molecule has 13 heavy (non-hydrogen) atoms. The highest BCUT2D eigenvalue weighted by molar-refractivity contribution is 4.99. The molecule has 2 heteroatoms. The first-order valence-electron chi connectivity index (χ1n) is 5.59. The van der Waals surface area contributed by atoms with Crippen molar-refractivity contribution < 1.29 is 5.11 Å². The van der Waals surface area contributed by atoms with Gasteiger partial charge >= 0.3 is 0 Å². The monoisotopic (exact) mass is 183 g/mol. The van der Waals surface area contributed by atoms with Crippen molar-refractivity contribution in [3.8, 4) is 0 Å². The maximum Gasteiger partial charge on any atom is 0.0474 e. The van der Waals surface area contributed by atoms with Crippen molar-refractivity contribution >= 4 is 0 Å². The van der Waals surface area contributed by atoms with E-state index in [1.165, 1.54) is 25.8 Å². The Morgan fingerprint density at radius 1 is 1.38 bits per heavy atom. The molecule has 0 aromatic carbocycles. The van der Waals surface area contributed by atoms with Crippen LogP contribution in [0.1, 0.15) is 33.1 Å². The van der Waals surface area contributed by atoms with E-state index < -0.39 is 0 Å². The summed E-state index contributed by atoms with van der Waals surface area (Å²) in [7, 11) is 0. The quantitative estimate of drug-likeness (QED) is 0.716. The molecule has 2 rings (SSSR count). The first kappa shape index (κ1) is 9.47. The zero-order valence-corrected chi connectivity index (χ0v) is 8.74. The molecule has 0 aliphatic carbocycles. The number of rotatable bonds is 3. The largest absolute Gasteiger partial charge is 0.396 e. The van der Waals surface area contributed by atoms with E-state index in [1.54, 1.807) is 0 Å². The number of nitrogens with zero attached hydrogens (tertiary/aromatic N) is 1. The molecule has 0 amide bonds. The maximum atomic E-state index is 9.21. The van der Waals surface area contributed by atoms with Gasteiger partial charge in [0.1, 0.15) is 0 Å². The number of hydrogen-bond donors (Lipinski definition) is 1. The zero-order chi connectivity index (χ0) is 9.42. The van der Waals surface area contributed by atoms with E-state index in [1.807, 2.05) is 0 Å². The van der Waals surface area contributed by atoms with Crippen LogP contribution in [-0.4, -0.2) is 35.2 Å². The lowest BCUT2D eigenvalue weighted by atomic mass is 9.90. The zero-order valence-electron chi connectivity index (χ0n) is 8.74. The van der Waals surface area contributed by atoms with Gasteiger partial charge in [0, 0.05) is 25.2 Å². The summed E-state index contributed by atoms with van der Waals surface area (Å²) in [6.45, 7) is 6.19. The molecule has 2 saturated heterocycles. The van der Waals surface area contributed by atoms with Crippen LogP contribution < -0.4 is 0 Å². The molecule has 0 aromatic rings. The van der Waals surface area contributed by atoms with Crippen LogP contribution in [0.4, 0.5) is 0 Å². The molecule has 2 fully saturated rings. The summed E-state index contributed by atoms with van der Waals surface area (Å²) in [6, 6.07) is 1.50. The Kier molecular flexibility index (Phi) is 2.61. The van der Waals surface area contributed by atoms with Crippen LogP contribution in [0.3, 0.4) is 0 Å². The molecular weight excluding hydrogens is 162 g/mol. The first-order valence-corrected chi connectivity index (χ1v) is 5.59. The predicted octanol–water partition coefficient (Wildman–Crippen LogP) is 1.49. The average Bonchev–Trinajstić information content (AvgIpc) is 2.61. The first-order chi connectivity index (χ1) is 6.22. The van der Waals surface area contributed by atoms with E-state index in [4.69, 9.17) is 0 Å². The number of aliphatic hydroxyl groups is 1. The fraction of sp³-hybridized carbons (Fsp3) is 1.00. The fourth-order valence-corrected chi connectivity index (χ4v) is 3.13. The lowest BCUT2D eigenvalue weighted by molar-refractivity contribution is 0.166. The minimum atomic E-state index is 0.399. The van der Waals surface area contributed by atoms with Gasteiger partial charge in [-0.2, -0.15) is 0 Å². The highest BCUT2D eigenvalue weighted by Gasteiger charge is 2.45. The van der Waals surface area contributed by atoms with Gasteiger partial charge in [-0.1, -0.05) is 13.8 Å². The van der Waals surface area contributed by atoms with Crippen LogP contribution in [-0.2, 0) is 0 Å². The normalized spacial score (nSPS) is 39.2. The van der Waals surface area contributed by atoms with Crippen LogP contribution in [0.2, 0.25) is 0 Å². The molecule has 0 saturated carbocycles. The van der Waals surface area contributed by atoms with E-state index >= 15 is 0 Å². The third kappa shape index (κ3) is 1.62. The van der Waals surface area contributed by atoms with E-state index in [0.717, 1.165) is 12.0 Å². The number of fused-ring (bicyclic) bond motifs is 2. The van der Waals surface area contributed by atoms with Gasteiger partial charge < -0.3 is 5.11 Å². The van der Waals surface area contributed by atoms with Crippen LogP contribution in [0, 0.1) is 11.8 Å². The summed E-state index contributed by atoms with van der Waals surface area (Å²) in [5.74, 6) is 1.35. The van der Waals surface area contributed by atoms with Crippen molar-refractivity contribution in [2.45, 2.75) is 45.2 Å². The van der Waals surface area contributed by atoms with Gasteiger partial charge in [0.05, 0.1) is 0 Å². The van der Waals surface area contributed by atoms with Crippen molar-refractivity contribution in [2.24, 2.45) is 11.8 Å². The Balaban J connectivity index is 1.98. The van der Waals surface area contributed by atoms with Crippen molar-refractivity contribution in [2.75, 3.05) is 13.2 Å². The molecule has 2 bridgehead atoms. The Bertz CT molecular complexity index is 181. The van der Waals surface area contributed by atoms with Crippen molar-refractivity contribution in [1.82, 2.24) is 4.90 Å². The summed E-state index contributed by atoms with van der Waals surface area (Å²) in [5, 5.41) is 9.21. The van der Waals surface area contributed by atoms with Crippen molar-refractivity contribution in [3.05, 3.63) is 0 Å². The highest BCUT2D eigenvalue weighted by Crippen LogP contribution is 2.41. The lowest BCUT2D eigenvalue weighted by Crippen LogP contribution is -2.34. The minimum absolute atomic E-state index is 0.399. The van der Waals surface area contributed by atoms with E-state index in [9.17, 15) is 5.11 Å². The van der Waals surface area contributed by atoms with Crippen LogP contribution in [0.15, 0.2) is 0 Å². The summed E-state index contributed by atoms with van der Waals surface area (Å²) >= 11 is 0. The third-order valence-electron chi connectivity index (χ3n) is 3.62. The maximum absolute atomic E-state index is 9.21. The van der Waals surface area contributed by atoms with Crippen LogP contribution in [0.25, 0.3) is 0 Å². The second kappa shape index (κ2) is 3.58. The number of hydrogen-bond acceptors (Lipinski definition) is 2. The standard InChI is InChI=1S/C11H21NO/c1-8(2)6-12-10-3-4-11(12)9(5-10)7-13/h8-11,13H,3-7H2,1-2H3. The van der Waals surface area contributed by atoms with E-state index in [-0.39, 0.29) is 0 Å². The molecule has 0 aromatic heterocycles. The second-order valence-corrected chi connectivity index (χ2v) is 5.07. The Labute approximate surface area is 80.9 Å². The molecular formula is C11H21NO. The molecule has 2 heterocycles. The minimum Gasteiger partial charge on any atom is -0.396 e. The van der Waals surface area contributed by atoms with Crippen molar-refractivity contribution in [1.29, 1.82) is 0 Å². The van der Waals surface area contributed by atoms with Gasteiger partial charge in [0.2, 0.25) is 0 Å². The lowest BCUT2D eigenvalue weighted by Gasteiger charge is -2.25. The van der Waals surface area contributed by atoms with Gasteiger partial charge in [0.25, 0.3) is 0 Å². The fourth-order valence-electron chi connectivity index (χ4n) is 3.13. The Hall–Kier alpha value is -0.0800. The number of aliphatic hydroxyl groups excluding tert-OH is 1. The predicted molar refractivity (Wildman–Crippen MR) is 53.5 cm³/mol. The molecule has 2 aliphatic heterocycles. The molecule has 76 valence electrons. The highest BCUT2D eigenvalue weighted by atomic mass is 16.3. The second-order valence-electron chi connectivity index (χ2n) is 5.07. The van der Waals surface area contributed by atoms with Gasteiger partial charge in [-0.3, -0.25) is 4.90 Å². The topological polar surface area (TPSA) is 23.5 Å². The molecule has 3 atom stereocenters. The SMILES string of the molecule is CC(C)CN1C2CCC1C(CO)C2. The molecule has 0 radical (unpaired) electrons. The smallest absolute Gasteiger partial charge is 0.0474 e. The third-order valence-corrected chi connectivity index (χ3v) is 3.62. The summed E-state index contributed by atoms with van der Waals surface area (Å²) in [5.41, 5.74) is 0. The molecule has 2 aliphatic rings. The van der Waals surface area contributed by atoms with Crippen LogP contribution in [0.5, 0.6) is 0 Å². The van der Waals surface area contributed by atoms with E-state index in [0.29, 0.717) is 18.6 Å². The molecule has 1 N–H and O–H groups in total. The molecule has 2 nitrogen and oxygen atoms in total. The van der Waals surface area contributed by atoms with Crippen molar-refractivity contribution in [3.63, 3.8) is 0 Å². The Morgan fingerprint density at radius 2 is 2.15 bits per heavy atom. The Morgan fingerprint density at radius 3 is 2.69 bits per heavy atom. The molecule has 3 unspecified atom stereocenters. The van der Waals surface area contributed by atoms with Gasteiger partial charge in [-0.25, -0.2) is 0 Å². The molecule has 0 spiro atoms.